The van der Waals surface area contributed by atoms with E-state index >= 15 is 0 Å². The molecule has 0 aliphatic rings. The second-order valence-electron chi connectivity index (χ2n) is 5.71. The summed E-state index contributed by atoms with van der Waals surface area (Å²) in [6.07, 6.45) is -0.587. The molecular weight excluding hydrogens is 300 g/mol. The van der Waals surface area contributed by atoms with Crippen molar-refractivity contribution in [3.05, 3.63) is 30.3 Å². The van der Waals surface area contributed by atoms with Gasteiger partial charge in [-0.2, -0.15) is 0 Å². The number of nitrogens with zero attached hydrogens (tertiary/aromatic N) is 1. The number of methoxy groups -OCH3 is 1. The van der Waals surface area contributed by atoms with E-state index in [9.17, 15) is 14.4 Å². The van der Waals surface area contributed by atoms with E-state index < -0.39 is 23.6 Å². The lowest BCUT2D eigenvalue weighted by Gasteiger charge is -2.23. The fourth-order valence-electron chi connectivity index (χ4n) is 1.74. The van der Waals surface area contributed by atoms with E-state index in [-0.39, 0.29) is 13.1 Å². The SMILES string of the molecule is COC(=O)C(=O)N(CCNC(=O)OC(C)(C)C)c1ccccc1. The lowest BCUT2D eigenvalue weighted by molar-refractivity contribution is -0.151. The molecule has 0 spiro atoms. The van der Waals surface area contributed by atoms with Gasteiger partial charge in [-0.05, 0) is 32.9 Å². The molecule has 1 aromatic rings. The van der Waals surface area contributed by atoms with Crippen LogP contribution in [0.3, 0.4) is 0 Å². The summed E-state index contributed by atoms with van der Waals surface area (Å²) < 4.78 is 9.57. The first-order valence-corrected chi connectivity index (χ1v) is 7.16. The molecule has 1 N–H and O–H groups in total. The number of hydrogen-bond donors (Lipinski definition) is 1. The van der Waals surface area contributed by atoms with Crippen molar-refractivity contribution in [1.29, 1.82) is 0 Å². The van der Waals surface area contributed by atoms with Crippen LogP contribution < -0.4 is 10.2 Å². The lowest BCUT2D eigenvalue weighted by Crippen LogP contribution is -2.43. The Morgan fingerprint density at radius 3 is 2.26 bits per heavy atom. The highest BCUT2D eigenvalue weighted by Gasteiger charge is 2.24. The first-order chi connectivity index (χ1) is 10.7. The van der Waals surface area contributed by atoms with Gasteiger partial charge < -0.3 is 19.7 Å². The number of para-hydroxylation sites is 1. The summed E-state index contributed by atoms with van der Waals surface area (Å²) in [4.78, 5) is 36.4. The number of amides is 2. The summed E-state index contributed by atoms with van der Waals surface area (Å²) in [5.41, 5.74) is -0.0701. The fourth-order valence-corrected chi connectivity index (χ4v) is 1.74. The van der Waals surface area contributed by atoms with Crippen molar-refractivity contribution in [2.45, 2.75) is 26.4 Å². The summed E-state index contributed by atoms with van der Waals surface area (Å²) in [5, 5.41) is 2.54. The van der Waals surface area contributed by atoms with Crippen LogP contribution in [0.1, 0.15) is 20.8 Å². The number of nitrogens with one attached hydrogen (secondary N) is 1. The summed E-state index contributed by atoms with van der Waals surface area (Å²) in [6.45, 7) is 5.50. The van der Waals surface area contributed by atoms with E-state index in [0.717, 1.165) is 7.11 Å². The van der Waals surface area contributed by atoms with Crippen LogP contribution in [-0.2, 0) is 19.1 Å². The second kappa shape index (κ2) is 8.17. The number of rotatable bonds is 4. The Kier molecular flexibility index (Phi) is 6.56. The Hall–Kier alpha value is -2.57. The lowest BCUT2D eigenvalue weighted by atomic mass is 10.2. The first kappa shape index (κ1) is 18.5. The molecule has 0 aromatic heterocycles. The molecule has 0 aliphatic carbocycles. The second-order valence-corrected chi connectivity index (χ2v) is 5.71. The Morgan fingerprint density at radius 1 is 1.13 bits per heavy atom. The van der Waals surface area contributed by atoms with Crippen LogP contribution in [0.2, 0.25) is 0 Å². The predicted octanol–water partition coefficient (Wildman–Crippen LogP) is 1.72. The maximum atomic E-state index is 12.1. The van der Waals surface area contributed by atoms with Crippen molar-refractivity contribution in [3.63, 3.8) is 0 Å². The quantitative estimate of drug-likeness (QED) is 0.674. The number of benzene rings is 1. The van der Waals surface area contributed by atoms with Crippen LogP contribution >= 0.6 is 0 Å². The third-order valence-electron chi connectivity index (χ3n) is 2.68. The molecule has 7 heteroatoms. The Labute approximate surface area is 135 Å². The van der Waals surface area contributed by atoms with Gasteiger partial charge in [0.05, 0.1) is 7.11 Å². The maximum absolute atomic E-state index is 12.1. The van der Waals surface area contributed by atoms with Crippen LogP contribution in [0, 0.1) is 0 Å². The van der Waals surface area contributed by atoms with Gasteiger partial charge in [0.25, 0.3) is 0 Å². The van der Waals surface area contributed by atoms with Crippen LogP contribution in [0.15, 0.2) is 30.3 Å². The molecule has 0 fully saturated rings. The zero-order valence-electron chi connectivity index (χ0n) is 13.8. The minimum Gasteiger partial charge on any atom is -0.462 e. The molecule has 0 radical (unpaired) electrons. The molecule has 126 valence electrons. The standard InChI is InChI=1S/C16H22N2O5/c1-16(2,3)23-15(21)17-10-11-18(13(19)14(20)22-4)12-8-6-5-7-9-12/h5-9H,10-11H2,1-4H3,(H,17,21). The van der Waals surface area contributed by atoms with Crippen LogP contribution in [0.5, 0.6) is 0 Å². The van der Waals surface area contributed by atoms with Gasteiger partial charge in [-0.1, -0.05) is 18.2 Å². The molecule has 0 saturated heterocycles. The normalized spacial score (nSPS) is 10.6. The average Bonchev–Trinajstić information content (AvgIpc) is 2.49. The average molecular weight is 322 g/mol. The van der Waals surface area contributed by atoms with Crippen molar-refractivity contribution in [2.75, 3.05) is 25.1 Å². The number of carbonyl (C=O) groups is 3. The van der Waals surface area contributed by atoms with Crippen molar-refractivity contribution in [2.24, 2.45) is 0 Å². The van der Waals surface area contributed by atoms with Crippen molar-refractivity contribution in [1.82, 2.24) is 5.32 Å². The van der Waals surface area contributed by atoms with Crippen LogP contribution in [0.25, 0.3) is 0 Å². The molecule has 0 atom stereocenters. The number of ether oxygens (including phenoxy) is 2. The van der Waals surface area contributed by atoms with Gasteiger partial charge in [0.2, 0.25) is 0 Å². The molecule has 0 heterocycles. The van der Waals surface area contributed by atoms with Gasteiger partial charge in [0, 0.05) is 18.8 Å². The zero-order valence-corrected chi connectivity index (χ0v) is 13.8. The molecule has 0 aliphatic heterocycles. The van der Waals surface area contributed by atoms with E-state index in [4.69, 9.17) is 4.74 Å². The van der Waals surface area contributed by atoms with Gasteiger partial charge in [-0.15, -0.1) is 0 Å². The number of alkyl carbamates (subject to hydrolysis) is 1. The van der Waals surface area contributed by atoms with E-state index in [2.05, 4.69) is 10.1 Å². The van der Waals surface area contributed by atoms with Crippen molar-refractivity contribution >= 4 is 23.7 Å². The predicted molar refractivity (Wildman–Crippen MR) is 85.0 cm³/mol. The van der Waals surface area contributed by atoms with Gasteiger partial charge in [0.1, 0.15) is 5.60 Å². The highest BCUT2D eigenvalue weighted by molar-refractivity contribution is 6.38. The molecule has 0 saturated carbocycles. The molecule has 23 heavy (non-hydrogen) atoms. The topological polar surface area (TPSA) is 84.9 Å². The minimum absolute atomic E-state index is 0.108. The van der Waals surface area contributed by atoms with E-state index in [1.807, 2.05) is 0 Å². The largest absolute Gasteiger partial charge is 0.462 e. The van der Waals surface area contributed by atoms with Crippen LogP contribution in [0.4, 0.5) is 10.5 Å². The number of carbonyl (C=O) groups excluding carboxylic acids is 3. The van der Waals surface area contributed by atoms with Gasteiger partial charge in [-0.3, -0.25) is 4.79 Å². The highest BCUT2D eigenvalue weighted by Crippen LogP contribution is 2.13. The number of esters is 1. The van der Waals surface area contributed by atoms with E-state index in [0.29, 0.717) is 5.69 Å². The number of hydrogen-bond acceptors (Lipinski definition) is 5. The van der Waals surface area contributed by atoms with E-state index in [1.54, 1.807) is 51.1 Å². The third-order valence-corrected chi connectivity index (χ3v) is 2.68. The van der Waals surface area contributed by atoms with Gasteiger partial charge in [-0.25, -0.2) is 9.59 Å². The minimum atomic E-state index is -0.967. The Morgan fingerprint density at radius 2 is 1.74 bits per heavy atom. The fraction of sp³-hybridized carbons (Fsp3) is 0.438. The molecule has 0 bridgehead atoms. The summed E-state index contributed by atoms with van der Waals surface area (Å²) in [6, 6.07) is 8.66. The van der Waals surface area contributed by atoms with Crippen molar-refractivity contribution in [3.8, 4) is 0 Å². The molecule has 0 unspecified atom stereocenters. The Bertz CT molecular complexity index is 551. The monoisotopic (exact) mass is 322 g/mol. The van der Waals surface area contributed by atoms with E-state index in [1.165, 1.54) is 4.90 Å². The summed E-state index contributed by atoms with van der Waals surface area (Å²) in [7, 11) is 1.14. The highest BCUT2D eigenvalue weighted by atomic mass is 16.6. The smallest absolute Gasteiger partial charge is 0.407 e. The summed E-state index contributed by atoms with van der Waals surface area (Å²) in [5.74, 6) is -1.77. The first-order valence-electron chi connectivity index (χ1n) is 7.16. The van der Waals surface area contributed by atoms with Gasteiger partial charge >= 0.3 is 18.0 Å². The summed E-state index contributed by atoms with van der Waals surface area (Å²) >= 11 is 0. The molecular formula is C16H22N2O5. The van der Waals surface area contributed by atoms with Crippen molar-refractivity contribution < 1.29 is 23.9 Å². The molecule has 2 amide bonds. The Balaban J connectivity index is 2.70. The third kappa shape index (κ3) is 6.37. The van der Waals surface area contributed by atoms with Gasteiger partial charge in [0.15, 0.2) is 0 Å². The molecule has 7 nitrogen and oxygen atoms in total. The maximum Gasteiger partial charge on any atom is 0.407 e. The molecule has 1 aromatic carbocycles. The zero-order chi connectivity index (χ0) is 17.5. The number of anilines is 1. The molecule has 1 rings (SSSR count). The van der Waals surface area contributed by atoms with Crippen LogP contribution in [-0.4, -0.2) is 43.8 Å².